The molecule has 0 spiro atoms. The zero-order valence-electron chi connectivity index (χ0n) is 10.9. The maximum Gasteiger partial charge on any atom is 0.306 e. The Morgan fingerprint density at radius 2 is 2.00 bits per heavy atom. The number of carboxylic acids is 1. The summed E-state index contributed by atoms with van der Waals surface area (Å²) in [6.45, 7) is 3.71. The Morgan fingerprint density at radius 1 is 1.33 bits per heavy atom. The van der Waals surface area contributed by atoms with Crippen molar-refractivity contribution >= 4 is 5.97 Å². The highest BCUT2D eigenvalue weighted by molar-refractivity contribution is 5.68. The highest BCUT2D eigenvalue weighted by Crippen LogP contribution is 2.35. The van der Waals surface area contributed by atoms with Crippen LogP contribution in [0.2, 0.25) is 0 Å². The minimum atomic E-state index is -1.27. The summed E-state index contributed by atoms with van der Waals surface area (Å²) >= 11 is 0. The second-order valence-corrected chi connectivity index (χ2v) is 5.49. The number of aliphatic carboxylic acids is 1. The van der Waals surface area contributed by atoms with Crippen LogP contribution in [0.3, 0.4) is 0 Å². The van der Waals surface area contributed by atoms with Gasteiger partial charge in [-0.15, -0.1) is 0 Å². The number of aryl methyl sites for hydroxylation is 2. The second kappa shape index (κ2) is 4.73. The van der Waals surface area contributed by atoms with Crippen LogP contribution >= 0.6 is 0 Å². The van der Waals surface area contributed by atoms with E-state index < -0.39 is 11.6 Å². The van der Waals surface area contributed by atoms with Crippen LogP contribution in [0.25, 0.3) is 0 Å². The van der Waals surface area contributed by atoms with Gasteiger partial charge in [-0.1, -0.05) is 32.0 Å². The standard InChI is InChI=1S/C15H20O3/c1-10(2)15(18,9-14(16)17)13-7-6-11-4-3-5-12(11)8-13/h6-8,10,18H,3-5,9H2,1-2H3,(H,16,17). The van der Waals surface area contributed by atoms with Crippen LogP contribution in [0.15, 0.2) is 18.2 Å². The zero-order valence-corrected chi connectivity index (χ0v) is 10.9. The highest BCUT2D eigenvalue weighted by atomic mass is 16.4. The molecule has 0 saturated carbocycles. The monoisotopic (exact) mass is 248 g/mol. The quantitative estimate of drug-likeness (QED) is 0.860. The molecule has 0 radical (unpaired) electrons. The van der Waals surface area contributed by atoms with Crippen molar-refractivity contribution < 1.29 is 15.0 Å². The van der Waals surface area contributed by atoms with Gasteiger partial charge in [-0.3, -0.25) is 4.79 Å². The van der Waals surface area contributed by atoms with Crippen molar-refractivity contribution in [1.29, 1.82) is 0 Å². The number of rotatable bonds is 4. The van der Waals surface area contributed by atoms with E-state index in [1.54, 1.807) is 0 Å². The molecule has 0 aliphatic heterocycles. The minimum Gasteiger partial charge on any atom is -0.481 e. The zero-order chi connectivity index (χ0) is 13.3. The number of aliphatic hydroxyl groups is 1. The van der Waals surface area contributed by atoms with Gasteiger partial charge >= 0.3 is 5.97 Å². The van der Waals surface area contributed by atoms with Gasteiger partial charge in [-0.2, -0.15) is 0 Å². The first kappa shape index (κ1) is 13.1. The van der Waals surface area contributed by atoms with E-state index in [1.165, 1.54) is 11.1 Å². The molecule has 0 bridgehead atoms. The van der Waals surface area contributed by atoms with Crippen molar-refractivity contribution in [2.75, 3.05) is 0 Å². The molecule has 0 saturated heterocycles. The molecule has 0 aromatic heterocycles. The molecule has 1 aromatic rings. The van der Waals surface area contributed by atoms with E-state index in [-0.39, 0.29) is 12.3 Å². The SMILES string of the molecule is CC(C)C(O)(CC(=O)O)c1ccc2c(c1)CCC2. The smallest absolute Gasteiger partial charge is 0.306 e. The molecule has 98 valence electrons. The lowest BCUT2D eigenvalue weighted by Crippen LogP contribution is -2.34. The van der Waals surface area contributed by atoms with Crippen LogP contribution in [0, 0.1) is 5.92 Å². The maximum atomic E-state index is 11.0. The molecule has 2 rings (SSSR count). The summed E-state index contributed by atoms with van der Waals surface area (Å²) in [4.78, 5) is 11.0. The van der Waals surface area contributed by atoms with E-state index in [4.69, 9.17) is 5.11 Å². The lowest BCUT2D eigenvalue weighted by atomic mass is 9.80. The average molecular weight is 248 g/mol. The average Bonchev–Trinajstić information content (AvgIpc) is 2.74. The Kier molecular flexibility index (Phi) is 3.44. The third kappa shape index (κ3) is 2.27. The first-order chi connectivity index (χ1) is 8.43. The van der Waals surface area contributed by atoms with Gasteiger partial charge in [0.2, 0.25) is 0 Å². The summed E-state index contributed by atoms with van der Waals surface area (Å²) in [6.07, 6.45) is 3.03. The molecule has 1 aliphatic carbocycles. The third-order valence-electron chi connectivity index (χ3n) is 3.97. The molecular formula is C15H20O3. The summed E-state index contributed by atoms with van der Waals surface area (Å²) in [6, 6.07) is 5.91. The molecule has 3 nitrogen and oxygen atoms in total. The van der Waals surface area contributed by atoms with E-state index in [0.29, 0.717) is 0 Å². The molecule has 2 N–H and O–H groups in total. The Labute approximate surface area is 107 Å². The van der Waals surface area contributed by atoms with Crippen LogP contribution in [-0.2, 0) is 23.2 Å². The lowest BCUT2D eigenvalue weighted by molar-refractivity contribution is -0.145. The van der Waals surface area contributed by atoms with E-state index in [9.17, 15) is 9.90 Å². The Bertz CT molecular complexity index is 465. The van der Waals surface area contributed by atoms with Gasteiger partial charge < -0.3 is 10.2 Å². The summed E-state index contributed by atoms with van der Waals surface area (Å²) in [5.74, 6) is -1.10. The summed E-state index contributed by atoms with van der Waals surface area (Å²) in [5, 5.41) is 19.7. The molecule has 0 heterocycles. The van der Waals surface area contributed by atoms with Crippen LogP contribution in [0.4, 0.5) is 0 Å². The Balaban J connectivity index is 2.39. The van der Waals surface area contributed by atoms with E-state index >= 15 is 0 Å². The van der Waals surface area contributed by atoms with Gasteiger partial charge in [0, 0.05) is 0 Å². The molecule has 3 heteroatoms. The molecule has 18 heavy (non-hydrogen) atoms. The number of carboxylic acid groups (broad SMARTS) is 1. The first-order valence-electron chi connectivity index (χ1n) is 6.50. The minimum absolute atomic E-state index is 0.131. The van der Waals surface area contributed by atoms with Crippen molar-refractivity contribution in [2.45, 2.75) is 45.1 Å². The van der Waals surface area contributed by atoms with Gasteiger partial charge in [-0.25, -0.2) is 0 Å². The summed E-state index contributed by atoms with van der Waals surface area (Å²) < 4.78 is 0. The van der Waals surface area contributed by atoms with Crippen LogP contribution in [-0.4, -0.2) is 16.2 Å². The topological polar surface area (TPSA) is 57.5 Å². The number of hydrogen-bond acceptors (Lipinski definition) is 2. The molecule has 1 aliphatic rings. The molecule has 1 unspecified atom stereocenters. The fraction of sp³-hybridized carbons (Fsp3) is 0.533. The Morgan fingerprint density at radius 3 is 2.61 bits per heavy atom. The van der Waals surface area contributed by atoms with Gasteiger partial charge in [0.15, 0.2) is 0 Å². The van der Waals surface area contributed by atoms with Gasteiger partial charge in [0.05, 0.1) is 6.42 Å². The Hall–Kier alpha value is -1.35. The highest BCUT2D eigenvalue weighted by Gasteiger charge is 2.36. The van der Waals surface area contributed by atoms with Crippen LogP contribution in [0.5, 0.6) is 0 Å². The first-order valence-corrected chi connectivity index (χ1v) is 6.50. The fourth-order valence-corrected chi connectivity index (χ4v) is 2.71. The van der Waals surface area contributed by atoms with Crippen LogP contribution < -0.4 is 0 Å². The van der Waals surface area contributed by atoms with Crippen molar-refractivity contribution in [2.24, 2.45) is 5.92 Å². The predicted molar refractivity (Wildman–Crippen MR) is 69.5 cm³/mol. The van der Waals surface area contributed by atoms with Gasteiger partial charge in [-0.05, 0) is 41.9 Å². The summed E-state index contributed by atoms with van der Waals surface area (Å²) in [5.41, 5.74) is 2.06. The number of benzene rings is 1. The fourth-order valence-electron chi connectivity index (χ4n) is 2.71. The van der Waals surface area contributed by atoms with E-state index in [1.807, 2.05) is 32.0 Å². The van der Waals surface area contributed by atoms with Crippen molar-refractivity contribution in [1.82, 2.24) is 0 Å². The summed E-state index contributed by atoms with van der Waals surface area (Å²) in [7, 11) is 0. The predicted octanol–water partition coefficient (Wildman–Crippen LogP) is 2.49. The van der Waals surface area contributed by atoms with E-state index in [0.717, 1.165) is 24.8 Å². The molecular weight excluding hydrogens is 228 g/mol. The van der Waals surface area contributed by atoms with Crippen molar-refractivity contribution in [3.8, 4) is 0 Å². The number of carbonyl (C=O) groups is 1. The van der Waals surface area contributed by atoms with E-state index in [2.05, 4.69) is 0 Å². The maximum absolute atomic E-state index is 11.0. The molecule has 1 atom stereocenters. The largest absolute Gasteiger partial charge is 0.481 e. The van der Waals surface area contributed by atoms with Crippen molar-refractivity contribution in [3.63, 3.8) is 0 Å². The lowest BCUT2D eigenvalue weighted by Gasteiger charge is -2.31. The number of hydrogen-bond donors (Lipinski definition) is 2. The molecule has 1 aromatic carbocycles. The molecule has 0 fully saturated rings. The van der Waals surface area contributed by atoms with Gasteiger partial charge in [0.1, 0.15) is 5.60 Å². The second-order valence-electron chi connectivity index (χ2n) is 5.49. The normalized spacial score (nSPS) is 17.6. The van der Waals surface area contributed by atoms with Crippen molar-refractivity contribution in [3.05, 3.63) is 34.9 Å². The van der Waals surface area contributed by atoms with Crippen LogP contribution in [0.1, 0.15) is 43.4 Å². The number of fused-ring (bicyclic) bond motifs is 1. The van der Waals surface area contributed by atoms with Gasteiger partial charge in [0.25, 0.3) is 0 Å². The third-order valence-corrected chi connectivity index (χ3v) is 3.97. The molecule has 0 amide bonds.